The van der Waals surface area contributed by atoms with Gasteiger partial charge < -0.3 is 0 Å². The molecular formula is C28H20. The van der Waals surface area contributed by atoms with E-state index >= 15 is 0 Å². The third-order valence-corrected chi connectivity index (χ3v) is 6.24. The van der Waals surface area contributed by atoms with Gasteiger partial charge in [0.15, 0.2) is 0 Å². The highest BCUT2D eigenvalue weighted by Gasteiger charge is 2.14. The molecule has 0 heterocycles. The first kappa shape index (κ1) is 15.7. The summed E-state index contributed by atoms with van der Waals surface area (Å²) in [6.07, 6.45) is 0. The first-order chi connectivity index (χ1) is 13.7. The first-order valence-corrected chi connectivity index (χ1v) is 9.88. The third kappa shape index (κ3) is 2.00. The summed E-state index contributed by atoms with van der Waals surface area (Å²) >= 11 is 0. The van der Waals surface area contributed by atoms with E-state index < -0.39 is 0 Å². The first-order valence-electron chi connectivity index (χ1n) is 9.88. The molecule has 0 radical (unpaired) electrons. The molecule has 28 heavy (non-hydrogen) atoms. The molecule has 0 unspecified atom stereocenters. The van der Waals surface area contributed by atoms with Crippen LogP contribution >= 0.6 is 0 Å². The average molecular weight is 356 g/mol. The largest absolute Gasteiger partial charge is 0.0616 e. The second-order valence-electron chi connectivity index (χ2n) is 7.90. The highest BCUT2D eigenvalue weighted by molar-refractivity contribution is 6.32. The van der Waals surface area contributed by atoms with Crippen LogP contribution in [-0.4, -0.2) is 0 Å². The minimum atomic E-state index is 1.30. The maximum Gasteiger partial charge on any atom is -0.00140 e. The fourth-order valence-electron chi connectivity index (χ4n) is 4.96. The number of hydrogen-bond acceptors (Lipinski definition) is 0. The van der Waals surface area contributed by atoms with Gasteiger partial charge in [0.25, 0.3) is 0 Å². The van der Waals surface area contributed by atoms with Crippen LogP contribution < -0.4 is 0 Å². The standard InChI is InChI=1S/C28H20/c1-17-15-20-8-4-6-10-25(20)28-23(17)14-12-21-16-18(2)22-13-11-19-7-3-5-9-24(19)27(22)26(21)28/h3-16H,1-2H3. The lowest BCUT2D eigenvalue weighted by atomic mass is 9.88. The van der Waals surface area contributed by atoms with Crippen molar-refractivity contribution in [1.29, 1.82) is 0 Å². The molecule has 0 atom stereocenters. The van der Waals surface area contributed by atoms with Gasteiger partial charge >= 0.3 is 0 Å². The molecule has 0 heteroatoms. The van der Waals surface area contributed by atoms with Crippen LogP contribution in [0.3, 0.4) is 0 Å². The molecule has 0 aliphatic carbocycles. The van der Waals surface area contributed by atoms with Crippen molar-refractivity contribution in [3.63, 3.8) is 0 Å². The summed E-state index contributed by atoms with van der Waals surface area (Å²) < 4.78 is 0. The molecule has 0 fully saturated rings. The molecule has 0 nitrogen and oxygen atoms in total. The van der Waals surface area contributed by atoms with E-state index in [9.17, 15) is 0 Å². The molecule has 0 aliphatic rings. The van der Waals surface area contributed by atoms with Crippen molar-refractivity contribution in [3.8, 4) is 0 Å². The van der Waals surface area contributed by atoms with Crippen molar-refractivity contribution in [2.75, 3.05) is 0 Å². The zero-order chi connectivity index (χ0) is 18.8. The predicted molar refractivity (Wildman–Crippen MR) is 123 cm³/mol. The van der Waals surface area contributed by atoms with Crippen LogP contribution in [0.15, 0.2) is 84.9 Å². The Labute approximate surface area is 164 Å². The van der Waals surface area contributed by atoms with Crippen LogP contribution in [0.4, 0.5) is 0 Å². The molecular weight excluding hydrogens is 336 g/mol. The molecule has 0 aromatic heterocycles. The Morgan fingerprint density at radius 2 is 0.893 bits per heavy atom. The van der Waals surface area contributed by atoms with E-state index in [-0.39, 0.29) is 0 Å². The highest BCUT2D eigenvalue weighted by Crippen LogP contribution is 2.41. The van der Waals surface area contributed by atoms with Gasteiger partial charge in [0.2, 0.25) is 0 Å². The van der Waals surface area contributed by atoms with Crippen molar-refractivity contribution >= 4 is 53.9 Å². The number of aryl methyl sites for hydroxylation is 2. The summed E-state index contributed by atoms with van der Waals surface area (Å²) in [6.45, 7) is 4.46. The lowest BCUT2D eigenvalue weighted by molar-refractivity contribution is 1.55. The summed E-state index contributed by atoms with van der Waals surface area (Å²) in [4.78, 5) is 0. The van der Waals surface area contributed by atoms with Crippen LogP contribution in [0, 0.1) is 13.8 Å². The molecule has 0 saturated heterocycles. The normalized spacial score (nSPS) is 11.9. The molecule has 132 valence electrons. The van der Waals surface area contributed by atoms with Gasteiger partial charge in [0, 0.05) is 0 Å². The van der Waals surface area contributed by atoms with Crippen molar-refractivity contribution in [1.82, 2.24) is 0 Å². The molecule has 0 N–H and O–H groups in total. The van der Waals surface area contributed by atoms with E-state index in [0.29, 0.717) is 0 Å². The highest BCUT2D eigenvalue weighted by atomic mass is 14.2. The maximum absolute atomic E-state index is 2.35. The Bertz CT molecular complexity index is 1530. The summed E-state index contributed by atoms with van der Waals surface area (Å²) in [6, 6.07) is 31.4. The van der Waals surface area contributed by atoms with Gasteiger partial charge in [-0.2, -0.15) is 0 Å². The Morgan fingerprint density at radius 3 is 1.57 bits per heavy atom. The second kappa shape index (κ2) is 5.56. The van der Waals surface area contributed by atoms with Crippen LogP contribution in [0.25, 0.3) is 53.9 Å². The van der Waals surface area contributed by atoms with E-state index in [0.717, 1.165) is 0 Å². The van der Waals surface area contributed by atoms with Crippen molar-refractivity contribution in [3.05, 3.63) is 96.1 Å². The Kier molecular flexibility index (Phi) is 3.11. The molecule has 0 aliphatic heterocycles. The van der Waals surface area contributed by atoms with E-state index in [4.69, 9.17) is 0 Å². The van der Waals surface area contributed by atoms with Crippen LogP contribution in [0.5, 0.6) is 0 Å². The van der Waals surface area contributed by atoms with Crippen molar-refractivity contribution < 1.29 is 0 Å². The van der Waals surface area contributed by atoms with E-state index in [1.54, 1.807) is 0 Å². The van der Waals surface area contributed by atoms with Crippen molar-refractivity contribution in [2.24, 2.45) is 0 Å². The van der Waals surface area contributed by atoms with E-state index in [1.807, 2.05) is 0 Å². The van der Waals surface area contributed by atoms with Crippen LogP contribution in [0.2, 0.25) is 0 Å². The number of fused-ring (bicyclic) bond motifs is 9. The quantitative estimate of drug-likeness (QED) is 0.241. The van der Waals surface area contributed by atoms with E-state index in [2.05, 4.69) is 98.8 Å². The van der Waals surface area contributed by atoms with E-state index in [1.165, 1.54) is 65.0 Å². The van der Waals surface area contributed by atoms with Crippen LogP contribution in [-0.2, 0) is 0 Å². The Morgan fingerprint density at radius 1 is 0.393 bits per heavy atom. The van der Waals surface area contributed by atoms with Gasteiger partial charge in [-0.15, -0.1) is 0 Å². The maximum atomic E-state index is 2.35. The summed E-state index contributed by atoms with van der Waals surface area (Å²) in [5.74, 6) is 0. The zero-order valence-electron chi connectivity index (χ0n) is 16.1. The molecule has 0 saturated carbocycles. The van der Waals surface area contributed by atoms with Gasteiger partial charge in [-0.3, -0.25) is 0 Å². The predicted octanol–water partition coefficient (Wildman–Crippen LogP) is 8.07. The molecule has 6 aromatic carbocycles. The van der Waals surface area contributed by atoms with Gasteiger partial charge in [0.1, 0.15) is 0 Å². The molecule has 6 aromatic rings. The lowest BCUT2D eigenvalue weighted by Crippen LogP contribution is -1.89. The SMILES string of the molecule is Cc1cc2ccc3c(C)cc4ccccc4c3c2c2c1ccc1ccccc12. The number of benzene rings is 6. The van der Waals surface area contributed by atoms with Gasteiger partial charge in [-0.1, -0.05) is 84.9 Å². The molecule has 6 rings (SSSR count). The van der Waals surface area contributed by atoms with Gasteiger partial charge in [-0.05, 0) is 78.8 Å². The fourth-order valence-corrected chi connectivity index (χ4v) is 4.96. The zero-order valence-corrected chi connectivity index (χ0v) is 16.1. The fraction of sp³-hybridized carbons (Fsp3) is 0.0714. The number of hydrogen-bond donors (Lipinski definition) is 0. The average Bonchev–Trinajstić information content (AvgIpc) is 2.73. The molecule has 0 spiro atoms. The van der Waals surface area contributed by atoms with Crippen molar-refractivity contribution in [2.45, 2.75) is 13.8 Å². The second-order valence-corrected chi connectivity index (χ2v) is 7.90. The minimum Gasteiger partial charge on any atom is -0.0616 e. The minimum absolute atomic E-state index is 1.30. The third-order valence-electron chi connectivity index (χ3n) is 6.24. The summed E-state index contributed by atoms with van der Waals surface area (Å²) in [5, 5.41) is 13.5. The monoisotopic (exact) mass is 356 g/mol. The van der Waals surface area contributed by atoms with Gasteiger partial charge in [-0.25, -0.2) is 0 Å². The number of rotatable bonds is 0. The van der Waals surface area contributed by atoms with Gasteiger partial charge in [0.05, 0.1) is 0 Å². The Hall–Kier alpha value is -3.38. The lowest BCUT2D eigenvalue weighted by Gasteiger charge is -2.16. The van der Waals surface area contributed by atoms with Crippen LogP contribution in [0.1, 0.15) is 11.1 Å². The Balaban J connectivity index is 2.06. The molecule has 0 bridgehead atoms. The molecule has 0 amide bonds. The summed E-state index contributed by atoms with van der Waals surface area (Å²) in [5.41, 5.74) is 2.68. The topological polar surface area (TPSA) is 0 Å². The summed E-state index contributed by atoms with van der Waals surface area (Å²) in [7, 11) is 0. The smallest absolute Gasteiger partial charge is 0.00140 e.